The molecule has 8 heteroatoms. The summed E-state index contributed by atoms with van der Waals surface area (Å²) in [5.41, 5.74) is 2.64. The predicted octanol–water partition coefficient (Wildman–Crippen LogP) is 6.29. The minimum atomic E-state index is -0.495. The summed E-state index contributed by atoms with van der Waals surface area (Å²) in [7, 11) is 0. The lowest BCUT2D eigenvalue weighted by Gasteiger charge is -2.12. The van der Waals surface area contributed by atoms with Crippen molar-refractivity contribution in [1.82, 2.24) is 0 Å². The van der Waals surface area contributed by atoms with E-state index in [4.69, 9.17) is 9.47 Å². The molecule has 0 saturated heterocycles. The molecule has 0 heterocycles. The molecule has 34 heavy (non-hydrogen) atoms. The van der Waals surface area contributed by atoms with Gasteiger partial charge in [-0.15, -0.1) is 0 Å². The van der Waals surface area contributed by atoms with Gasteiger partial charge in [-0.1, -0.05) is 18.2 Å². The molecular weight excluding hydrogens is 656 g/mol. The Balaban J connectivity index is 1.75. The number of rotatable bonds is 8. The molecule has 6 nitrogen and oxygen atoms in total. The zero-order valence-corrected chi connectivity index (χ0v) is 22.5. The molecule has 3 aromatic rings. The van der Waals surface area contributed by atoms with Gasteiger partial charge >= 0.3 is 0 Å². The van der Waals surface area contributed by atoms with Gasteiger partial charge in [0.1, 0.15) is 29.7 Å². The van der Waals surface area contributed by atoms with Crippen molar-refractivity contribution in [2.75, 3.05) is 11.9 Å². The molecule has 0 radical (unpaired) electrons. The van der Waals surface area contributed by atoms with Crippen LogP contribution in [0.25, 0.3) is 6.08 Å². The Hall–Kier alpha value is -3.09. The maximum Gasteiger partial charge on any atom is 0.266 e. The molecule has 170 valence electrons. The number of ether oxygens (including phenoxy) is 2. The van der Waals surface area contributed by atoms with Crippen LogP contribution in [0.4, 0.5) is 5.69 Å². The van der Waals surface area contributed by atoms with E-state index in [1.54, 1.807) is 36.4 Å². The van der Waals surface area contributed by atoms with Crippen molar-refractivity contribution in [2.45, 2.75) is 13.5 Å². The van der Waals surface area contributed by atoms with Crippen LogP contribution in [0.2, 0.25) is 0 Å². The van der Waals surface area contributed by atoms with Gasteiger partial charge in [0, 0.05) is 11.3 Å². The zero-order chi connectivity index (χ0) is 24.5. The van der Waals surface area contributed by atoms with E-state index in [0.717, 1.165) is 12.7 Å². The highest BCUT2D eigenvalue weighted by Crippen LogP contribution is 2.31. The number of halogens is 2. The molecule has 0 aliphatic rings. The van der Waals surface area contributed by atoms with E-state index in [0.29, 0.717) is 34.9 Å². The van der Waals surface area contributed by atoms with Gasteiger partial charge in [-0.2, -0.15) is 10.5 Å². The molecule has 0 aromatic heterocycles. The molecule has 0 aliphatic heterocycles. The Bertz CT molecular complexity index is 1280. The van der Waals surface area contributed by atoms with Gasteiger partial charge in [0.2, 0.25) is 0 Å². The summed E-state index contributed by atoms with van der Waals surface area (Å²) in [6, 6.07) is 22.1. The fourth-order valence-corrected chi connectivity index (χ4v) is 5.15. The van der Waals surface area contributed by atoms with Crippen LogP contribution in [0.1, 0.15) is 23.6 Å². The number of hydrogen-bond donors (Lipinski definition) is 1. The average Bonchev–Trinajstić information content (AvgIpc) is 2.83. The lowest BCUT2D eigenvalue weighted by Crippen LogP contribution is -2.13. The number of nitriles is 2. The molecule has 3 rings (SSSR count). The second kappa shape index (κ2) is 12.4. The molecule has 0 bridgehead atoms. The van der Waals surface area contributed by atoms with E-state index in [2.05, 4.69) is 56.6 Å². The summed E-state index contributed by atoms with van der Waals surface area (Å²) in [4.78, 5) is 12.6. The molecule has 0 atom stereocenters. The number of amides is 1. The van der Waals surface area contributed by atoms with Gasteiger partial charge in [0.25, 0.3) is 5.91 Å². The van der Waals surface area contributed by atoms with E-state index in [1.807, 2.05) is 43.3 Å². The number of hydrogen-bond acceptors (Lipinski definition) is 5. The Morgan fingerprint density at radius 3 is 2.32 bits per heavy atom. The van der Waals surface area contributed by atoms with E-state index in [-0.39, 0.29) is 12.2 Å². The Labute approximate surface area is 225 Å². The summed E-state index contributed by atoms with van der Waals surface area (Å²) in [6.07, 6.45) is 1.54. The molecule has 1 N–H and O–H groups in total. The molecule has 0 unspecified atom stereocenters. The number of carbonyl (C=O) groups is 1. The van der Waals surface area contributed by atoms with Crippen molar-refractivity contribution in [2.24, 2.45) is 0 Å². The maximum atomic E-state index is 12.6. The third kappa shape index (κ3) is 6.72. The van der Waals surface area contributed by atoms with Crippen molar-refractivity contribution in [3.63, 3.8) is 0 Å². The maximum absolute atomic E-state index is 12.6. The summed E-state index contributed by atoms with van der Waals surface area (Å²) in [5, 5.41) is 21.5. The van der Waals surface area contributed by atoms with Crippen LogP contribution in [-0.2, 0) is 11.4 Å². The van der Waals surface area contributed by atoms with Gasteiger partial charge in [-0.3, -0.25) is 4.79 Å². The minimum absolute atomic E-state index is 0.0166. The van der Waals surface area contributed by atoms with E-state index < -0.39 is 5.91 Å². The highest BCUT2D eigenvalue weighted by molar-refractivity contribution is 14.1. The first-order chi connectivity index (χ1) is 16.4. The van der Waals surface area contributed by atoms with Crippen LogP contribution in [0, 0.1) is 29.8 Å². The smallest absolute Gasteiger partial charge is 0.266 e. The molecule has 1 amide bonds. The first kappa shape index (κ1) is 25.5. The van der Waals surface area contributed by atoms with E-state index in [9.17, 15) is 15.3 Å². The third-order valence-electron chi connectivity index (χ3n) is 4.63. The van der Waals surface area contributed by atoms with E-state index in [1.165, 1.54) is 0 Å². The molecule has 0 spiro atoms. The van der Waals surface area contributed by atoms with Crippen LogP contribution in [0.3, 0.4) is 0 Å². The summed E-state index contributed by atoms with van der Waals surface area (Å²) >= 11 is 4.31. The highest BCUT2D eigenvalue weighted by atomic mass is 127. The fraction of sp³-hybridized carbons (Fsp3) is 0.115. The van der Waals surface area contributed by atoms with Gasteiger partial charge in [0.15, 0.2) is 0 Å². The first-order valence-corrected chi connectivity index (χ1v) is 12.4. The van der Waals surface area contributed by atoms with Crippen LogP contribution in [0.5, 0.6) is 11.5 Å². The fourth-order valence-electron chi connectivity index (χ4n) is 3.02. The van der Waals surface area contributed by atoms with Gasteiger partial charge < -0.3 is 14.8 Å². The summed E-state index contributed by atoms with van der Waals surface area (Å²) in [5.74, 6) is 0.896. The Kier molecular flexibility index (Phi) is 9.31. The Morgan fingerprint density at radius 2 is 1.71 bits per heavy atom. The SMILES string of the molecule is CCOc1ccc(NC(=O)/C(C#N)=C\c2cc(I)c(OCc3ccccc3C#N)c(I)c2)cc1. The largest absolute Gasteiger partial charge is 0.494 e. The number of carbonyl (C=O) groups excluding carboxylic acids is 1. The molecule has 0 saturated carbocycles. The van der Waals surface area contributed by atoms with E-state index >= 15 is 0 Å². The first-order valence-electron chi connectivity index (χ1n) is 10.2. The quantitative estimate of drug-likeness (QED) is 0.172. The van der Waals surface area contributed by atoms with Crippen molar-refractivity contribution >= 4 is 62.9 Å². The standard InChI is InChI=1S/C26H19I2N3O3/c1-2-33-22-9-7-21(8-10-22)31-26(32)20(15-30)11-17-12-23(27)25(24(28)13-17)34-16-19-6-4-3-5-18(19)14-29/h3-13H,2,16H2,1H3,(H,31,32)/b20-11-. The van der Waals surface area contributed by atoms with Crippen molar-refractivity contribution in [3.8, 4) is 23.6 Å². The Morgan fingerprint density at radius 1 is 1.03 bits per heavy atom. The van der Waals surface area contributed by atoms with Crippen LogP contribution in [0.15, 0.2) is 66.2 Å². The summed E-state index contributed by atoms with van der Waals surface area (Å²) in [6.45, 7) is 2.72. The molecular formula is C26H19I2N3O3. The van der Waals surface area contributed by atoms with Crippen molar-refractivity contribution in [1.29, 1.82) is 10.5 Å². The topological polar surface area (TPSA) is 95.1 Å². The molecule has 0 fully saturated rings. The van der Waals surface area contributed by atoms with Crippen molar-refractivity contribution in [3.05, 3.63) is 90.1 Å². The van der Waals surface area contributed by atoms with Gasteiger partial charge in [-0.25, -0.2) is 0 Å². The average molecular weight is 675 g/mol. The monoisotopic (exact) mass is 675 g/mol. The van der Waals surface area contributed by atoms with Crippen LogP contribution >= 0.6 is 45.2 Å². The lowest BCUT2D eigenvalue weighted by molar-refractivity contribution is -0.112. The molecule has 0 aliphatic carbocycles. The summed E-state index contributed by atoms with van der Waals surface area (Å²) < 4.78 is 13.0. The number of nitrogens with zero attached hydrogens (tertiary/aromatic N) is 2. The minimum Gasteiger partial charge on any atom is -0.494 e. The normalized spacial score (nSPS) is 10.7. The molecule has 3 aromatic carbocycles. The van der Waals surface area contributed by atoms with Crippen molar-refractivity contribution < 1.29 is 14.3 Å². The highest BCUT2D eigenvalue weighted by Gasteiger charge is 2.13. The third-order valence-corrected chi connectivity index (χ3v) is 6.23. The lowest BCUT2D eigenvalue weighted by atomic mass is 10.1. The van der Waals surface area contributed by atoms with Crippen LogP contribution in [-0.4, -0.2) is 12.5 Å². The van der Waals surface area contributed by atoms with Gasteiger partial charge in [-0.05, 0) is 106 Å². The number of anilines is 1. The predicted molar refractivity (Wildman–Crippen MR) is 147 cm³/mol. The second-order valence-electron chi connectivity index (χ2n) is 6.95. The number of nitrogens with one attached hydrogen (secondary N) is 1. The number of benzene rings is 3. The van der Waals surface area contributed by atoms with Crippen LogP contribution < -0.4 is 14.8 Å². The zero-order valence-electron chi connectivity index (χ0n) is 18.1. The second-order valence-corrected chi connectivity index (χ2v) is 9.28. The van der Waals surface area contributed by atoms with Gasteiger partial charge in [0.05, 0.1) is 25.4 Å².